The van der Waals surface area contributed by atoms with E-state index in [0.29, 0.717) is 19.1 Å². The molecule has 2 aliphatic heterocycles. The van der Waals surface area contributed by atoms with Crippen LogP contribution < -0.4 is 0 Å². The number of hydrogen-bond acceptors (Lipinski definition) is 4. The third-order valence-corrected chi connectivity index (χ3v) is 7.99. The van der Waals surface area contributed by atoms with Crippen molar-refractivity contribution in [1.82, 2.24) is 9.21 Å². The van der Waals surface area contributed by atoms with Crippen LogP contribution in [0.5, 0.6) is 0 Å². The molecule has 0 amide bonds. The SMILES string of the molecule is O=S(=O)(c1ccccc1Cl)N1CC(N2CCc3sccc3C2)C1. The number of rotatable bonds is 3. The van der Waals surface area contributed by atoms with Crippen molar-refractivity contribution in [2.45, 2.75) is 23.9 Å². The Balaban J connectivity index is 1.45. The molecule has 0 aliphatic carbocycles. The zero-order valence-corrected chi connectivity index (χ0v) is 14.9. The summed E-state index contributed by atoms with van der Waals surface area (Å²) in [5, 5.41) is 2.43. The summed E-state index contributed by atoms with van der Waals surface area (Å²) in [6.45, 7) is 3.04. The minimum absolute atomic E-state index is 0.207. The van der Waals surface area contributed by atoms with E-state index in [0.717, 1.165) is 19.5 Å². The quantitative estimate of drug-likeness (QED) is 0.836. The van der Waals surface area contributed by atoms with Crippen LogP contribution in [0.3, 0.4) is 0 Å². The second-order valence-corrected chi connectivity index (χ2v) is 9.31. The maximum Gasteiger partial charge on any atom is 0.244 e. The fourth-order valence-electron chi connectivity index (χ4n) is 3.22. The van der Waals surface area contributed by atoms with Crippen molar-refractivity contribution in [2.75, 3.05) is 19.6 Å². The number of nitrogens with zero attached hydrogens (tertiary/aromatic N) is 2. The van der Waals surface area contributed by atoms with Crippen LogP contribution in [-0.2, 0) is 23.0 Å². The Morgan fingerprint density at radius 1 is 1.17 bits per heavy atom. The molecule has 0 atom stereocenters. The van der Waals surface area contributed by atoms with Gasteiger partial charge in [0.25, 0.3) is 0 Å². The number of fused-ring (bicyclic) bond motifs is 1. The van der Waals surface area contributed by atoms with E-state index in [-0.39, 0.29) is 9.92 Å². The second-order valence-electron chi connectivity index (χ2n) is 6.00. The molecule has 4 nitrogen and oxygen atoms in total. The molecule has 1 saturated heterocycles. The van der Waals surface area contributed by atoms with E-state index in [4.69, 9.17) is 11.6 Å². The fourth-order valence-corrected chi connectivity index (χ4v) is 6.12. The Bertz CT molecular complexity index is 828. The van der Waals surface area contributed by atoms with Gasteiger partial charge in [0.15, 0.2) is 0 Å². The molecular formula is C16H17ClN2O2S2. The average molecular weight is 369 g/mol. The van der Waals surface area contributed by atoms with Gasteiger partial charge in [0, 0.05) is 37.1 Å². The molecule has 2 aromatic rings. The van der Waals surface area contributed by atoms with E-state index in [1.807, 2.05) is 11.3 Å². The first-order valence-electron chi connectivity index (χ1n) is 7.59. The molecule has 1 fully saturated rings. The van der Waals surface area contributed by atoms with Crippen LogP contribution in [0.2, 0.25) is 5.02 Å². The topological polar surface area (TPSA) is 40.6 Å². The maximum absolute atomic E-state index is 12.6. The molecule has 3 heterocycles. The Kier molecular flexibility index (Phi) is 3.98. The Labute approximate surface area is 145 Å². The highest BCUT2D eigenvalue weighted by Crippen LogP contribution is 2.31. The van der Waals surface area contributed by atoms with E-state index >= 15 is 0 Å². The summed E-state index contributed by atoms with van der Waals surface area (Å²) >= 11 is 7.87. The summed E-state index contributed by atoms with van der Waals surface area (Å²) in [4.78, 5) is 4.08. The van der Waals surface area contributed by atoms with Crippen molar-refractivity contribution in [3.05, 3.63) is 51.2 Å². The van der Waals surface area contributed by atoms with Crippen molar-refractivity contribution in [3.8, 4) is 0 Å². The number of thiophene rings is 1. The van der Waals surface area contributed by atoms with E-state index in [9.17, 15) is 8.42 Å². The lowest BCUT2D eigenvalue weighted by molar-refractivity contribution is 0.0775. The first kappa shape index (κ1) is 15.6. The molecule has 0 bridgehead atoms. The van der Waals surface area contributed by atoms with Crippen LogP contribution in [0.1, 0.15) is 10.4 Å². The summed E-state index contributed by atoms with van der Waals surface area (Å²) in [7, 11) is -3.48. The zero-order chi connectivity index (χ0) is 16.0. The molecule has 0 saturated carbocycles. The van der Waals surface area contributed by atoms with E-state index in [1.165, 1.54) is 14.7 Å². The molecule has 1 aromatic carbocycles. The minimum Gasteiger partial charge on any atom is -0.293 e. The van der Waals surface area contributed by atoms with Gasteiger partial charge < -0.3 is 0 Å². The molecular weight excluding hydrogens is 352 g/mol. The Hall–Kier alpha value is -0.920. The molecule has 0 spiro atoms. The summed E-state index contributed by atoms with van der Waals surface area (Å²) in [5.41, 5.74) is 1.40. The van der Waals surface area contributed by atoms with Gasteiger partial charge in [0.1, 0.15) is 4.90 Å². The molecule has 0 unspecified atom stereocenters. The average Bonchev–Trinajstić information content (AvgIpc) is 2.93. The van der Waals surface area contributed by atoms with Gasteiger partial charge in [-0.25, -0.2) is 8.42 Å². The van der Waals surface area contributed by atoms with Crippen molar-refractivity contribution < 1.29 is 8.42 Å². The van der Waals surface area contributed by atoms with Crippen LogP contribution in [0.25, 0.3) is 0 Å². The largest absolute Gasteiger partial charge is 0.293 e. The lowest BCUT2D eigenvalue weighted by atomic mass is 10.0. The smallest absolute Gasteiger partial charge is 0.244 e. The van der Waals surface area contributed by atoms with Crippen LogP contribution in [0.15, 0.2) is 40.6 Å². The summed E-state index contributed by atoms with van der Waals surface area (Å²) < 4.78 is 26.8. The molecule has 4 rings (SSSR count). The van der Waals surface area contributed by atoms with Crippen molar-refractivity contribution >= 4 is 33.0 Å². The predicted molar refractivity (Wildman–Crippen MR) is 92.4 cm³/mol. The standard InChI is InChI=1S/C16H17ClN2O2S2/c17-14-3-1-2-4-16(14)23(20,21)19-10-13(11-19)18-7-5-15-12(9-18)6-8-22-15/h1-4,6,8,13H,5,7,9-11H2. The lowest BCUT2D eigenvalue weighted by Gasteiger charge is -2.45. The van der Waals surface area contributed by atoms with Crippen LogP contribution in [0, 0.1) is 0 Å². The van der Waals surface area contributed by atoms with Gasteiger partial charge in [0.05, 0.1) is 5.02 Å². The van der Waals surface area contributed by atoms with Crippen molar-refractivity contribution in [2.24, 2.45) is 0 Å². The first-order valence-corrected chi connectivity index (χ1v) is 10.3. The number of benzene rings is 1. The Morgan fingerprint density at radius 2 is 1.96 bits per heavy atom. The van der Waals surface area contributed by atoms with Gasteiger partial charge in [0.2, 0.25) is 10.0 Å². The van der Waals surface area contributed by atoms with Crippen LogP contribution >= 0.6 is 22.9 Å². The van der Waals surface area contributed by atoms with Gasteiger partial charge in [-0.05, 0) is 35.6 Å². The number of sulfonamides is 1. The molecule has 7 heteroatoms. The van der Waals surface area contributed by atoms with Crippen molar-refractivity contribution in [1.29, 1.82) is 0 Å². The van der Waals surface area contributed by atoms with Gasteiger partial charge in [-0.15, -0.1) is 11.3 Å². The number of halogens is 1. The predicted octanol–water partition coefficient (Wildman–Crippen LogP) is 2.83. The zero-order valence-electron chi connectivity index (χ0n) is 12.5. The highest BCUT2D eigenvalue weighted by atomic mass is 35.5. The molecule has 2 aliphatic rings. The van der Waals surface area contributed by atoms with Crippen molar-refractivity contribution in [3.63, 3.8) is 0 Å². The summed E-state index contributed by atoms with van der Waals surface area (Å²) in [6.07, 6.45) is 1.07. The van der Waals surface area contributed by atoms with E-state index in [2.05, 4.69) is 16.3 Å². The third-order valence-electron chi connectivity index (χ3n) is 4.64. The number of hydrogen-bond donors (Lipinski definition) is 0. The van der Waals surface area contributed by atoms with Gasteiger partial charge in [-0.1, -0.05) is 23.7 Å². The third kappa shape index (κ3) is 2.72. The normalized spacial score (nSPS) is 20.2. The Morgan fingerprint density at radius 3 is 2.74 bits per heavy atom. The highest BCUT2D eigenvalue weighted by Gasteiger charge is 2.41. The molecule has 122 valence electrons. The molecule has 23 heavy (non-hydrogen) atoms. The fraction of sp³-hybridized carbons (Fsp3) is 0.375. The van der Waals surface area contributed by atoms with E-state index in [1.54, 1.807) is 24.3 Å². The summed E-state index contributed by atoms with van der Waals surface area (Å²) in [6, 6.07) is 9.13. The first-order chi connectivity index (χ1) is 11.1. The molecule has 0 radical (unpaired) electrons. The van der Waals surface area contributed by atoms with E-state index < -0.39 is 10.0 Å². The summed E-state index contributed by atoms with van der Waals surface area (Å²) in [5.74, 6) is 0. The lowest BCUT2D eigenvalue weighted by Crippen LogP contribution is -2.61. The van der Waals surface area contributed by atoms with Crippen LogP contribution in [-0.4, -0.2) is 43.3 Å². The molecule has 0 N–H and O–H groups in total. The van der Waals surface area contributed by atoms with Crippen LogP contribution in [0.4, 0.5) is 0 Å². The highest BCUT2D eigenvalue weighted by molar-refractivity contribution is 7.89. The van der Waals surface area contributed by atoms with Gasteiger partial charge in [-0.3, -0.25) is 4.90 Å². The monoisotopic (exact) mass is 368 g/mol. The van der Waals surface area contributed by atoms with Gasteiger partial charge in [-0.2, -0.15) is 4.31 Å². The maximum atomic E-state index is 12.6. The second kappa shape index (κ2) is 5.86. The minimum atomic E-state index is -3.48. The molecule has 1 aromatic heterocycles. The van der Waals surface area contributed by atoms with Gasteiger partial charge >= 0.3 is 0 Å².